The highest BCUT2D eigenvalue weighted by Gasteiger charge is 2.50. The van der Waals surface area contributed by atoms with E-state index in [2.05, 4.69) is 35.3 Å². The molecule has 3 aliphatic rings. The first-order valence-electron chi connectivity index (χ1n) is 8.31. The van der Waals surface area contributed by atoms with Crippen LogP contribution in [-0.4, -0.2) is 31.0 Å². The number of nitrogens with zero attached hydrogens (tertiary/aromatic N) is 1. The van der Waals surface area contributed by atoms with E-state index in [4.69, 9.17) is 4.74 Å². The number of carbonyl (C=O) groups excluding carboxylic acids is 1. The van der Waals surface area contributed by atoms with E-state index in [1.54, 1.807) is 7.11 Å². The summed E-state index contributed by atoms with van der Waals surface area (Å²) in [6.45, 7) is 1.78. The molecule has 3 nitrogen and oxygen atoms in total. The third kappa shape index (κ3) is 2.15. The number of benzene rings is 1. The monoisotopic (exact) mass is 297 g/mol. The molecule has 1 aromatic rings. The lowest BCUT2D eigenvalue weighted by molar-refractivity contribution is -0.131. The number of methoxy groups -OCH3 is 1. The zero-order valence-corrected chi connectivity index (χ0v) is 13.1. The molecule has 1 amide bonds. The Kier molecular flexibility index (Phi) is 3.24. The Bertz CT molecular complexity index is 620. The van der Waals surface area contributed by atoms with Crippen LogP contribution in [0.15, 0.2) is 36.4 Å². The van der Waals surface area contributed by atoms with Gasteiger partial charge in [-0.25, -0.2) is 0 Å². The van der Waals surface area contributed by atoms with Crippen LogP contribution in [0.4, 0.5) is 0 Å². The minimum absolute atomic E-state index is 0.0772. The molecule has 2 fully saturated rings. The predicted molar refractivity (Wildman–Crippen MR) is 85.8 cm³/mol. The molecular formula is C19H23NO2. The molecule has 1 saturated carbocycles. The van der Waals surface area contributed by atoms with Crippen LogP contribution in [-0.2, 0) is 10.2 Å². The predicted octanol–water partition coefficient (Wildman–Crippen LogP) is 3.15. The molecule has 1 saturated heterocycles. The quantitative estimate of drug-likeness (QED) is 0.802. The average molecular weight is 297 g/mol. The summed E-state index contributed by atoms with van der Waals surface area (Å²) in [7, 11) is 1.71. The van der Waals surface area contributed by atoms with Crippen LogP contribution in [0.5, 0.6) is 5.75 Å². The van der Waals surface area contributed by atoms with Crippen LogP contribution in [0.3, 0.4) is 0 Å². The number of fused-ring (bicyclic) bond motifs is 1. The molecule has 2 atom stereocenters. The minimum Gasteiger partial charge on any atom is -0.497 e. The molecule has 22 heavy (non-hydrogen) atoms. The van der Waals surface area contributed by atoms with Crippen molar-refractivity contribution < 1.29 is 9.53 Å². The summed E-state index contributed by atoms with van der Waals surface area (Å²) in [5.74, 6) is 2.14. The van der Waals surface area contributed by atoms with Gasteiger partial charge in [0, 0.05) is 24.4 Å². The van der Waals surface area contributed by atoms with Crippen molar-refractivity contribution >= 4 is 5.91 Å². The number of allylic oxidation sites excluding steroid dienone is 2. The Labute approximate surface area is 132 Å². The van der Waals surface area contributed by atoms with Gasteiger partial charge in [0.15, 0.2) is 0 Å². The Hall–Kier alpha value is -1.77. The van der Waals surface area contributed by atoms with Gasteiger partial charge in [-0.1, -0.05) is 24.3 Å². The van der Waals surface area contributed by atoms with Gasteiger partial charge >= 0.3 is 0 Å². The first-order chi connectivity index (χ1) is 10.7. The van der Waals surface area contributed by atoms with Crippen molar-refractivity contribution in [2.24, 2.45) is 11.8 Å². The van der Waals surface area contributed by atoms with Crippen LogP contribution in [0.2, 0.25) is 0 Å². The molecule has 0 radical (unpaired) electrons. The van der Waals surface area contributed by atoms with Gasteiger partial charge in [-0.2, -0.15) is 0 Å². The maximum Gasteiger partial charge on any atom is 0.225 e. The number of hydrogen-bond acceptors (Lipinski definition) is 2. The summed E-state index contributed by atoms with van der Waals surface area (Å²) in [6, 6.07) is 8.44. The van der Waals surface area contributed by atoms with E-state index in [9.17, 15) is 4.79 Å². The lowest BCUT2D eigenvalue weighted by Crippen LogP contribution is -2.37. The number of ether oxygens (including phenoxy) is 1. The molecule has 0 spiro atoms. The number of hydrogen-bond donors (Lipinski definition) is 0. The first kappa shape index (κ1) is 13.9. The SMILES string of the molecule is COc1cccc(C23CC=CCC2CN(C(=O)C2CC2)C3)c1. The highest BCUT2D eigenvalue weighted by molar-refractivity contribution is 5.81. The summed E-state index contributed by atoms with van der Waals surface area (Å²) in [4.78, 5) is 14.7. The van der Waals surface area contributed by atoms with Gasteiger partial charge in [0.2, 0.25) is 5.91 Å². The van der Waals surface area contributed by atoms with Crippen molar-refractivity contribution in [3.8, 4) is 5.75 Å². The van der Waals surface area contributed by atoms with Crippen molar-refractivity contribution in [1.29, 1.82) is 0 Å². The zero-order chi connectivity index (χ0) is 15.2. The fourth-order valence-electron chi connectivity index (χ4n) is 4.19. The van der Waals surface area contributed by atoms with Crippen LogP contribution in [0, 0.1) is 11.8 Å². The van der Waals surface area contributed by atoms with E-state index in [0.717, 1.165) is 44.5 Å². The lowest BCUT2D eigenvalue weighted by Gasteiger charge is -2.36. The van der Waals surface area contributed by atoms with Crippen LogP contribution >= 0.6 is 0 Å². The van der Waals surface area contributed by atoms with E-state index in [-0.39, 0.29) is 5.41 Å². The highest BCUT2D eigenvalue weighted by atomic mass is 16.5. The molecule has 2 unspecified atom stereocenters. The zero-order valence-electron chi connectivity index (χ0n) is 13.1. The molecule has 0 N–H and O–H groups in total. The molecule has 1 heterocycles. The summed E-state index contributed by atoms with van der Waals surface area (Å²) < 4.78 is 5.41. The van der Waals surface area contributed by atoms with E-state index in [0.29, 0.717) is 17.7 Å². The van der Waals surface area contributed by atoms with E-state index in [1.165, 1.54) is 5.56 Å². The highest BCUT2D eigenvalue weighted by Crippen LogP contribution is 2.48. The fraction of sp³-hybridized carbons (Fsp3) is 0.526. The van der Waals surface area contributed by atoms with Crippen molar-refractivity contribution in [2.75, 3.05) is 20.2 Å². The molecule has 0 bridgehead atoms. The minimum atomic E-state index is 0.0772. The lowest BCUT2D eigenvalue weighted by atomic mass is 9.67. The Morgan fingerprint density at radius 1 is 1.32 bits per heavy atom. The van der Waals surface area contributed by atoms with E-state index >= 15 is 0 Å². The van der Waals surface area contributed by atoms with Gasteiger partial charge in [-0.3, -0.25) is 4.79 Å². The summed E-state index contributed by atoms with van der Waals surface area (Å²) in [5, 5.41) is 0. The second-order valence-corrected chi connectivity index (χ2v) is 6.99. The van der Waals surface area contributed by atoms with Crippen molar-refractivity contribution in [2.45, 2.75) is 31.1 Å². The number of rotatable bonds is 3. The van der Waals surface area contributed by atoms with Gasteiger partial charge in [0.1, 0.15) is 5.75 Å². The Morgan fingerprint density at radius 2 is 2.18 bits per heavy atom. The first-order valence-corrected chi connectivity index (χ1v) is 8.31. The molecule has 3 heteroatoms. The van der Waals surface area contributed by atoms with Gasteiger partial charge < -0.3 is 9.64 Å². The normalized spacial score (nSPS) is 30.2. The summed E-state index contributed by atoms with van der Waals surface area (Å²) in [5.41, 5.74) is 1.40. The van der Waals surface area contributed by atoms with E-state index < -0.39 is 0 Å². The number of carbonyl (C=O) groups is 1. The average Bonchev–Trinajstić information content (AvgIpc) is 3.33. The summed E-state index contributed by atoms with van der Waals surface area (Å²) in [6.07, 6.45) is 8.86. The maximum absolute atomic E-state index is 12.5. The van der Waals surface area contributed by atoms with Gasteiger partial charge in [0.25, 0.3) is 0 Å². The van der Waals surface area contributed by atoms with Crippen molar-refractivity contribution in [1.82, 2.24) is 4.90 Å². The molecule has 0 aromatic heterocycles. The molecular weight excluding hydrogens is 274 g/mol. The topological polar surface area (TPSA) is 29.5 Å². The molecule has 116 valence electrons. The third-order valence-electron chi connectivity index (χ3n) is 5.65. The second-order valence-electron chi connectivity index (χ2n) is 6.99. The standard InChI is InChI=1S/C19H23NO2/c1-22-17-7-4-6-15(11-17)19-10-3-2-5-16(19)12-20(13-19)18(21)14-8-9-14/h2-4,6-7,11,14,16H,5,8-10,12-13H2,1H3. The summed E-state index contributed by atoms with van der Waals surface area (Å²) >= 11 is 0. The Morgan fingerprint density at radius 3 is 2.95 bits per heavy atom. The maximum atomic E-state index is 12.5. The van der Waals surface area contributed by atoms with Gasteiger partial charge in [0.05, 0.1) is 7.11 Å². The van der Waals surface area contributed by atoms with Crippen molar-refractivity contribution in [3.05, 3.63) is 42.0 Å². The largest absolute Gasteiger partial charge is 0.497 e. The number of amides is 1. The van der Waals surface area contributed by atoms with Crippen LogP contribution in [0.1, 0.15) is 31.2 Å². The van der Waals surface area contributed by atoms with Gasteiger partial charge in [-0.15, -0.1) is 0 Å². The smallest absolute Gasteiger partial charge is 0.225 e. The van der Waals surface area contributed by atoms with Crippen molar-refractivity contribution in [3.63, 3.8) is 0 Å². The number of likely N-dealkylation sites (tertiary alicyclic amines) is 1. The van der Waals surface area contributed by atoms with Crippen LogP contribution < -0.4 is 4.74 Å². The van der Waals surface area contributed by atoms with Gasteiger partial charge in [-0.05, 0) is 49.3 Å². The molecule has 1 aliphatic heterocycles. The molecule has 4 rings (SSSR count). The third-order valence-corrected chi connectivity index (χ3v) is 5.65. The van der Waals surface area contributed by atoms with E-state index in [1.807, 2.05) is 6.07 Å². The fourth-order valence-corrected chi connectivity index (χ4v) is 4.19. The Balaban J connectivity index is 1.68. The van der Waals surface area contributed by atoms with Crippen LogP contribution in [0.25, 0.3) is 0 Å². The second kappa shape index (κ2) is 5.15. The molecule has 2 aliphatic carbocycles. The molecule has 1 aromatic carbocycles.